The van der Waals surface area contributed by atoms with E-state index in [1.807, 2.05) is 0 Å². The summed E-state index contributed by atoms with van der Waals surface area (Å²) in [5.41, 5.74) is -0.426. The predicted octanol–water partition coefficient (Wildman–Crippen LogP) is 2.53. The van der Waals surface area contributed by atoms with Crippen molar-refractivity contribution in [3.63, 3.8) is 0 Å². The summed E-state index contributed by atoms with van der Waals surface area (Å²) in [6.45, 7) is 0. The third-order valence-corrected chi connectivity index (χ3v) is 5.98. The van der Waals surface area contributed by atoms with Gasteiger partial charge >= 0.3 is 0 Å². The van der Waals surface area contributed by atoms with Crippen molar-refractivity contribution in [2.45, 2.75) is 4.21 Å². The van der Waals surface area contributed by atoms with Gasteiger partial charge in [0.1, 0.15) is 10.0 Å². The predicted molar refractivity (Wildman–Crippen MR) is 75.8 cm³/mol. The molecule has 0 spiro atoms. The highest BCUT2D eigenvalue weighted by atomic mass is 35.5. The maximum absolute atomic E-state index is 12.3. The molecule has 2 aromatic rings. The van der Waals surface area contributed by atoms with E-state index in [9.17, 15) is 18.5 Å². The van der Waals surface area contributed by atoms with Gasteiger partial charge in [0.15, 0.2) is 4.34 Å². The number of anilines is 1. The molecule has 0 atom stereocenters. The van der Waals surface area contributed by atoms with E-state index in [4.69, 9.17) is 11.6 Å². The van der Waals surface area contributed by atoms with Gasteiger partial charge in [-0.2, -0.15) is 0 Å². The van der Waals surface area contributed by atoms with E-state index < -0.39 is 20.6 Å². The molecule has 0 bridgehead atoms. The molecule has 10 heteroatoms. The van der Waals surface area contributed by atoms with Gasteiger partial charge in [0.25, 0.3) is 15.7 Å². The van der Waals surface area contributed by atoms with Gasteiger partial charge in [0.05, 0.1) is 4.92 Å². The minimum atomic E-state index is -3.93. The van der Waals surface area contributed by atoms with Crippen LogP contribution in [0.2, 0.25) is 4.34 Å². The maximum atomic E-state index is 12.3. The smallest absolute Gasteiger partial charge is 0.258 e. The van der Waals surface area contributed by atoms with Crippen LogP contribution in [0.3, 0.4) is 0 Å². The molecule has 2 heterocycles. The van der Waals surface area contributed by atoms with Crippen molar-refractivity contribution in [3.05, 3.63) is 44.9 Å². The minimum Gasteiger partial charge on any atom is -0.258 e. The first kappa shape index (κ1) is 14.7. The van der Waals surface area contributed by atoms with Crippen molar-refractivity contribution >= 4 is 44.5 Å². The van der Waals surface area contributed by atoms with Crippen LogP contribution in [0.1, 0.15) is 0 Å². The fourth-order valence-corrected chi connectivity index (χ4v) is 4.37. The quantitative estimate of drug-likeness (QED) is 0.633. The monoisotopic (exact) mass is 333 g/mol. The first-order valence-corrected chi connectivity index (χ1v) is 7.81. The number of pyridine rings is 1. The lowest BCUT2D eigenvalue weighted by Gasteiger charge is -2.16. The lowest BCUT2D eigenvalue weighted by molar-refractivity contribution is -0.384. The molecule has 0 aliphatic rings. The number of sulfonamides is 1. The van der Waals surface area contributed by atoms with E-state index >= 15 is 0 Å². The van der Waals surface area contributed by atoms with Crippen molar-refractivity contribution < 1.29 is 13.3 Å². The molecule has 7 nitrogen and oxygen atoms in total. The Labute approximate surface area is 123 Å². The Morgan fingerprint density at radius 1 is 1.45 bits per heavy atom. The number of hydrogen-bond acceptors (Lipinski definition) is 6. The average Bonchev–Trinajstić information content (AvgIpc) is 2.82. The van der Waals surface area contributed by atoms with Crippen molar-refractivity contribution in [1.82, 2.24) is 4.98 Å². The second kappa shape index (κ2) is 5.35. The summed E-state index contributed by atoms with van der Waals surface area (Å²) in [6.07, 6.45) is 1.45. The SMILES string of the molecule is CN(c1ccccn1)S(=O)(=O)c1cc([N+](=O)[O-])c(Cl)s1. The zero-order valence-corrected chi connectivity index (χ0v) is 12.4. The van der Waals surface area contributed by atoms with Crippen LogP contribution in [0, 0.1) is 10.1 Å². The van der Waals surface area contributed by atoms with Crippen LogP contribution in [0.25, 0.3) is 0 Å². The van der Waals surface area contributed by atoms with Gasteiger partial charge in [-0.3, -0.25) is 14.4 Å². The molecule has 20 heavy (non-hydrogen) atoms. The normalized spacial score (nSPS) is 11.3. The van der Waals surface area contributed by atoms with Crippen LogP contribution in [0.5, 0.6) is 0 Å². The Kier molecular flexibility index (Phi) is 3.93. The molecule has 0 unspecified atom stereocenters. The van der Waals surface area contributed by atoms with E-state index in [1.54, 1.807) is 12.1 Å². The van der Waals surface area contributed by atoms with Crippen molar-refractivity contribution in [3.8, 4) is 0 Å². The number of hydrogen-bond donors (Lipinski definition) is 0. The molecule has 0 N–H and O–H groups in total. The summed E-state index contributed by atoms with van der Waals surface area (Å²) >= 11 is 6.31. The van der Waals surface area contributed by atoms with Gasteiger partial charge in [0.2, 0.25) is 0 Å². The summed E-state index contributed by atoms with van der Waals surface area (Å²) in [5.74, 6) is 0.208. The second-order valence-corrected chi connectivity index (χ2v) is 7.49. The van der Waals surface area contributed by atoms with Crippen LogP contribution >= 0.6 is 22.9 Å². The van der Waals surface area contributed by atoms with Crippen LogP contribution in [-0.2, 0) is 10.0 Å². The Morgan fingerprint density at radius 2 is 2.15 bits per heavy atom. The van der Waals surface area contributed by atoms with E-state index in [2.05, 4.69) is 4.98 Å². The van der Waals surface area contributed by atoms with Gasteiger partial charge in [-0.15, -0.1) is 11.3 Å². The maximum Gasteiger partial charge on any atom is 0.300 e. The summed E-state index contributed by atoms with van der Waals surface area (Å²) in [5, 5.41) is 10.7. The first-order chi connectivity index (χ1) is 9.34. The standard InChI is InChI=1S/C10H8ClN3O4S2/c1-13(8-4-2-3-5-12-8)20(17,18)9-6-7(14(15)16)10(11)19-9/h2-6H,1H3. The Balaban J connectivity index is 2.46. The lowest BCUT2D eigenvalue weighted by Crippen LogP contribution is -2.26. The zero-order valence-electron chi connectivity index (χ0n) is 10.1. The van der Waals surface area contributed by atoms with Crippen molar-refractivity contribution in [1.29, 1.82) is 0 Å². The van der Waals surface area contributed by atoms with Gasteiger partial charge in [0, 0.05) is 19.3 Å². The zero-order chi connectivity index (χ0) is 14.9. The highest BCUT2D eigenvalue weighted by molar-refractivity contribution is 7.94. The van der Waals surface area contributed by atoms with Crippen molar-refractivity contribution in [2.75, 3.05) is 11.4 Å². The molecule has 0 saturated carbocycles. The molecule has 0 aliphatic carbocycles. The second-order valence-electron chi connectivity index (χ2n) is 3.64. The summed E-state index contributed by atoms with van der Waals surface area (Å²) < 4.78 is 25.2. The average molecular weight is 334 g/mol. The molecule has 0 amide bonds. The summed E-state index contributed by atoms with van der Waals surface area (Å²) in [6, 6.07) is 5.75. The van der Waals surface area contributed by atoms with Gasteiger partial charge < -0.3 is 0 Å². The first-order valence-electron chi connectivity index (χ1n) is 5.17. The van der Waals surface area contributed by atoms with Gasteiger partial charge in [-0.1, -0.05) is 17.7 Å². The number of thiophene rings is 1. The fraction of sp³-hybridized carbons (Fsp3) is 0.100. The largest absolute Gasteiger partial charge is 0.300 e. The number of aromatic nitrogens is 1. The fourth-order valence-electron chi connectivity index (χ4n) is 1.39. The van der Waals surface area contributed by atoms with Crippen molar-refractivity contribution in [2.24, 2.45) is 0 Å². The third-order valence-electron chi connectivity index (χ3n) is 2.43. The molecule has 0 aliphatic heterocycles. The molecular weight excluding hydrogens is 326 g/mol. The topological polar surface area (TPSA) is 93.4 Å². The molecule has 2 rings (SSSR count). The van der Waals surface area contributed by atoms with Crippen LogP contribution in [0.4, 0.5) is 11.5 Å². The molecule has 2 aromatic heterocycles. The number of halogens is 1. The van der Waals surface area contributed by atoms with E-state index in [-0.39, 0.29) is 14.4 Å². The molecule has 0 aromatic carbocycles. The highest BCUT2D eigenvalue weighted by Crippen LogP contribution is 2.37. The van der Waals surface area contributed by atoms with Crippen LogP contribution in [0.15, 0.2) is 34.7 Å². The number of rotatable bonds is 4. The Bertz CT molecular complexity index is 745. The Hall–Kier alpha value is -1.71. The number of nitrogens with zero attached hydrogens (tertiary/aromatic N) is 3. The van der Waals surface area contributed by atoms with Crippen LogP contribution in [-0.4, -0.2) is 25.4 Å². The molecule has 0 saturated heterocycles. The van der Waals surface area contributed by atoms with E-state index in [0.717, 1.165) is 10.4 Å². The number of nitro groups is 1. The lowest BCUT2D eigenvalue weighted by atomic mass is 10.5. The van der Waals surface area contributed by atoms with Gasteiger partial charge in [-0.25, -0.2) is 13.4 Å². The highest BCUT2D eigenvalue weighted by Gasteiger charge is 2.29. The van der Waals surface area contributed by atoms with Crippen LogP contribution < -0.4 is 4.31 Å². The minimum absolute atomic E-state index is 0.178. The summed E-state index contributed by atoms with van der Waals surface area (Å²) in [4.78, 5) is 13.9. The summed E-state index contributed by atoms with van der Waals surface area (Å²) in [7, 11) is -2.61. The molecule has 0 fully saturated rings. The Morgan fingerprint density at radius 3 is 2.65 bits per heavy atom. The van der Waals surface area contributed by atoms with E-state index in [1.165, 1.54) is 19.3 Å². The van der Waals surface area contributed by atoms with Gasteiger partial charge in [-0.05, 0) is 12.1 Å². The third kappa shape index (κ3) is 2.60. The van der Waals surface area contributed by atoms with E-state index in [0.29, 0.717) is 11.3 Å². The molecular formula is C10H8ClN3O4S2. The molecule has 0 radical (unpaired) electrons. The molecule has 106 valence electrons.